The number of ether oxygens (including phenoxy) is 1. The van der Waals surface area contributed by atoms with Crippen molar-refractivity contribution in [2.75, 3.05) is 25.0 Å². The smallest absolute Gasteiger partial charge is 0.310 e. The van der Waals surface area contributed by atoms with Gasteiger partial charge in [0.2, 0.25) is 0 Å². The zero-order chi connectivity index (χ0) is 16.1. The fourth-order valence-electron chi connectivity index (χ4n) is 2.39. The van der Waals surface area contributed by atoms with Crippen LogP contribution in [0.25, 0.3) is 0 Å². The molecule has 1 aromatic rings. The largest absolute Gasteiger partial charge is 0.466 e. The molecule has 4 nitrogen and oxygen atoms in total. The van der Waals surface area contributed by atoms with Gasteiger partial charge in [0.1, 0.15) is 0 Å². The topological polar surface area (TPSA) is 41.6 Å². The number of esters is 1. The van der Waals surface area contributed by atoms with Gasteiger partial charge in [-0.25, -0.2) is 0 Å². The molecule has 1 aliphatic rings. The van der Waals surface area contributed by atoms with E-state index in [1.54, 1.807) is 12.1 Å². The average Bonchev–Trinajstić information content (AvgIpc) is 2.51. The van der Waals surface area contributed by atoms with Crippen LogP contribution in [0.5, 0.6) is 0 Å². The predicted molar refractivity (Wildman–Crippen MR) is 93.6 cm³/mol. The van der Waals surface area contributed by atoms with Crippen molar-refractivity contribution in [3.63, 3.8) is 0 Å². The Hall–Kier alpha value is -1.04. The number of carbonyl (C=O) groups is 1. The molecule has 0 bridgehead atoms. The molecule has 0 radical (unpaired) electrons. The van der Waals surface area contributed by atoms with Gasteiger partial charge in [-0.05, 0) is 50.2 Å². The van der Waals surface area contributed by atoms with Crippen LogP contribution in [0.2, 0.25) is 10.0 Å². The number of hydrogen-bond donors (Lipinski definition) is 1. The Kier molecular flexibility index (Phi) is 6.29. The van der Waals surface area contributed by atoms with E-state index < -0.39 is 0 Å². The fourth-order valence-corrected chi connectivity index (χ4v) is 2.97. The molecular formula is C15H18Cl2N2O2S. The SMILES string of the molecule is CCOC(=O)C1CCCN(C(=S)Nc2ccc(Cl)c(Cl)c2)C1. The summed E-state index contributed by atoms with van der Waals surface area (Å²) in [6.07, 6.45) is 1.75. The molecular weight excluding hydrogens is 343 g/mol. The molecule has 7 heteroatoms. The van der Waals surface area contributed by atoms with Crippen LogP contribution >= 0.6 is 35.4 Å². The van der Waals surface area contributed by atoms with Gasteiger partial charge in [-0.15, -0.1) is 0 Å². The number of nitrogens with zero attached hydrogens (tertiary/aromatic N) is 1. The quantitative estimate of drug-likeness (QED) is 0.652. The third kappa shape index (κ3) is 4.48. The molecule has 0 saturated carbocycles. The molecule has 0 amide bonds. The molecule has 1 fully saturated rings. The summed E-state index contributed by atoms with van der Waals surface area (Å²) in [6, 6.07) is 5.25. The van der Waals surface area contributed by atoms with Gasteiger partial charge in [0, 0.05) is 18.8 Å². The van der Waals surface area contributed by atoms with Crippen molar-refractivity contribution in [3.05, 3.63) is 28.2 Å². The highest BCUT2D eigenvalue weighted by Gasteiger charge is 2.28. The minimum Gasteiger partial charge on any atom is -0.466 e. The third-order valence-corrected chi connectivity index (χ3v) is 4.60. The number of nitrogens with one attached hydrogen (secondary N) is 1. The molecule has 1 heterocycles. The van der Waals surface area contributed by atoms with E-state index in [2.05, 4.69) is 5.32 Å². The van der Waals surface area contributed by atoms with Gasteiger partial charge >= 0.3 is 5.97 Å². The standard InChI is InChI=1S/C15H18Cl2N2O2S/c1-2-21-14(20)10-4-3-7-19(9-10)15(22)18-11-5-6-12(16)13(17)8-11/h5-6,8,10H,2-4,7,9H2,1H3,(H,18,22). The number of carbonyl (C=O) groups excluding carboxylic acids is 1. The van der Waals surface area contributed by atoms with Crippen LogP contribution in [0.4, 0.5) is 5.69 Å². The van der Waals surface area contributed by atoms with Crippen molar-refractivity contribution in [3.8, 4) is 0 Å². The van der Waals surface area contributed by atoms with E-state index in [9.17, 15) is 4.79 Å². The van der Waals surface area contributed by atoms with Crippen LogP contribution in [0.1, 0.15) is 19.8 Å². The van der Waals surface area contributed by atoms with Crippen LogP contribution in [0.15, 0.2) is 18.2 Å². The Balaban J connectivity index is 1.96. The lowest BCUT2D eigenvalue weighted by atomic mass is 9.98. The van der Waals surface area contributed by atoms with Gasteiger partial charge in [-0.3, -0.25) is 4.79 Å². The van der Waals surface area contributed by atoms with Crippen LogP contribution < -0.4 is 5.32 Å². The minimum absolute atomic E-state index is 0.123. The van der Waals surface area contributed by atoms with Gasteiger partial charge < -0.3 is 15.0 Å². The second-order valence-corrected chi connectivity index (χ2v) is 6.30. The summed E-state index contributed by atoms with van der Waals surface area (Å²) >= 11 is 17.3. The number of piperidine rings is 1. The van der Waals surface area contributed by atoms with Crippen LogP contribution in [0, 0.1) is 5.92 Å². The van der Waals surface area contributed by atoms with Crippen molar-refractivity contribution in [2.45, 2.75) is 19.8 Å². The maximum absolute atomic E-state index is 11.9. The van der Waals surface area contributed by atoms with E-state index in [-0.39, 0.29) is 11.9 Å². The third-order valence-electron chi connectivity index (χ3n) is 3.50. The summed E-state index contributed by atoms with van der Waals surface area (Å²) in [7, 11) is 0. The number of hydrogen-bond acceptors (Lipinski definition) is 3. The molecule has 1 unspecified atom stereocenters. The maximum atomic E-state index is 11.9. The van der Waals surface area contributed by atoms with Crippen LogP contribution in [0.3, 0.4) is 0 Å². The first-order valence-corrected chi connectivity index (χ1v) is 8.35. The highest BCUT2D eigenvalue weighted by Crippen LogP contribution is 2.26. The Labute approximate surface area is 145 Å². The van der Waals surface area contributed by atoms with Crippen molar-refractivity contribution in [1.29, 1.82) is 0 Å². The van der Waals surface area contributed by atoms with Gasteiger partial charge in [0.05, 0.1) is 22.6 Å². The highest BCUT2D eigenvalue weighted by molar-refractivity contribution is 7.80. The van der Waals surface area contributed by atoms with E-state index in [1.807, 2.05) is 17.9 Å². The average molecular weight is 361 g/mol. The summed E-state index contributed by atoms with van der Waals surface area (Å²) in [5.41, 5.74) is 0.776. The number of rotatable bonds is 3. The highest BCUT2D eigenvalue weighted by atomic mass is 35.5. The Bertz CT molecular complexity index is 568. The van der Waals surface area contributed by atoms with Crippen molar-refractivity contribution < 1.29 is 9.53 Å². The second-order valence-electron chi connectivity index (χ2n) is 5.10. The number of benzene rings is 1. The lowest BCUT2D eigenvalue weighted by Gasteiger charge is -2.33. The number of anilines is 1. The molecule has 1 N–H and O–H groups in total. The first-order chi connectivity index (χ1) is 10.5. The molecule has 22 heavy (non-hydrogen) atoms. The molecule has 1 aliphatic heterocycles. The first kappa shape index (κ1) is 17.3. The van der Waals surface area contributed by atoms with Gasteiger partial charge in [0.15, 0.2) is 5.11 Å². The number of halogens is 2. The van der Waals surface area contributed by atoms with E-state index in [0.717, 1.165) is 25.1 Å². The van der Waals surface area contributed by atoms with Gasteiger partial charge in [0.25, 0.3) is 0 Å². The van der Waals surface area contributed by atoms with Crippen LogP contribution in [-0.2, 0) is 9.53 Å². The molecule has 1 aromatic carbocycles. The zero-order valence-corrected chi connectivity index (χ0v) is 14.6. The van der Waals surface area contributed by atoms with Crippen LogP contribution in [-0.4, -0.2) is 35.7 Å². The van der Waals surface area contributed by atoms with E-state index in [1.165, 1.54) is 0 Å². The molecule has 1 saturated heterocycles. The van der Waals surface area contributed by atoms with E-state index in [0.29, 0.717) is 28.3 Å². The Morgan fingerprint density at radius 2 is 2.23 bits per heavy atom. The van der Waals surface area contributed by atoms with Crippen molar-refractivity contribution in [2.24, 2.45) is 5.92 Å². The zero-order valence-electron chi connectivity index (χ0n) is 12.3. The summed E-state index contributed by atoms with van der Waals surface area (Å²) in [5.74, 6) is -0.271. The number of thiocarbonyl (C=S) groups is 1. The summed E-state index contributed by atoms with van der Waals surface area (Å²) in [5, 5.41) is 4.68. The fraction of sp³-hybridized carbons (Fsp3) is 0.467. The van der Waals surface area contributed by atoms with Crippen molar-refractivity contribution >= 4 is 52.2 Å². The maximum Gasteiger partial charge on any atom is 0.310 e. The van der Waals surface area contributed by atoms with Crippen molar-refractivity contribution in [1.82, 2.24) is 4.90 Å². The lowest BCUT2D eigenvalue weighted by Crippen LogP contribution is -2.44. The first-order valence-electron chi connectivity index (χ1n) is 7.19. The lowest BCUT2D eigenvalue weighted by molar-refractivity contribution is -0.149. The molecule has 1 atom stereocenters. The Morgan fingerprint density at radius 3 is 2.91 bits per heavy atom. The summed E-state index contributed by atoms with van der Waals surface area (Å²) < 4.78 is 5.10. The molecule has 0 aliphatic carbocycles. The molecule has 2 rings (SSSR count). The number of likely N-dealkylation sites (tertiary alicyclic amines) is 1. The summed E-state index contributed by atoms with van der Waals surface area (Å²) in [6.45, 7) is 3.62. The molecule has 0 aromatic heterocycles. The minimum atomic E-state index is -0.149. The summed E-state index contributed by atoms with van der Waals surface area (Å²) in [4.78, 5) is 13.9. The van der Waals surface area contributed by atoms with Gasteiger partial charge in [-0.1, -0.05) is 23.2 Å². The Morgan fingerprint density at radius 1 is 1.45 bits per heavy atom. The predicted octanol–water partition coefficient (Wildman–Crippen LogP) is 3.97. The van der Waals surface area contributed by atoms with E-state index in [4.69, 9.17) is 40.2 Å². The van der Waals surface area contributed by atoms with E-state index >= 15 is 0 Å². The normalized spacial score (nSPS) is 18.0. The molecule has 120 valence electrons. The molecule has 0 spiro atoms. The second kappa shape index (κ2) is 7.99. The monoisotopic (exact) mass is 360 g/mol. The van der Waals surface area contributed by atoms with Gasteiger partial charge in [-0.2, -0.15) is 0 Å².